The molecule has 0 aliphatic carbocycles. The van der Waals surface area contributed by atoms with Crippen molar-refractivity contribution in [3.63, 3.8) is 0 Å². The molecule has 4 rings (SSSR count). The van der Waals surface area contributed by atoms with Gasteiger partial charge in [-0.25, -0.2) is 9.37 Å². The van der Waals surface area contributed by atoms with Crippen LogP contribution in [0.1, 0.15) is 65.9 Å². The van der Waals surface area contributed by atoms with Gasteiger partial charge in [0.15, 0.2) is 0 Å². The minimum absolute atomic E-state index is 0.0345. The van der Waals surface area contributed by atoms with E-state index in [-0.39, 0.29) is 36.2 Å². The highest BCUT2D eigenvalue weighted by Crippen LogP contribution is 2.38. The topological polar surface area (TPSA) is 71.5 Å². The Labute approximate surface area is 215 Å². The lowest BCUT2D eigenvalue weighted by Crippen LogP contribution is -2.42. The van der Waals surface area contributed by atoms with E-state index in [4.69, 9.17) is 4.74 Å². The summed E-state index contributed by atoms with van der Waals surface area (Å²) in [7, 11) is 0. The fourth-order valence-electron chi connectivity index (χ4n) is 4.30. The monoisotopic (exact) mass is 509 g/mol. The number of ether oxygens (including phenoxy) is 1. The van der Waals surface area contributed by atoms with Gasteiger partial charge in [-0.3, -0.25) is 9.59 Å². The largest absolute Gasteiger partial charge is 0.486 e. The Kier molecular flexibility index (Phi) is 8.04. The molecule has 0 bridgehead atoms. The molecule has 1 N–H and O–H groups in total. The lowest BCUT2D eigenvalue weighted by Gasteiger charge is -2.39. The second kappa shape index (κ2) is 11.2. The molecule has 1 aliphatic heterocycles. The molecule has 2 heterocycles. The van der Waals surface area contributed by atoms with Crippen molar-refractivity contribution >= 4 is 23.2 Å². The number of fused-ring (bicyclic) bond motifs is 1. The fourth-order valence-corrected chi connectivity index (χ4v) is 4.99. The van der Waals surface area contributed by atoms with Gasteiger partial charge in [0.05, 0.1) is 6.04 Å². The number of aromatic nitrogens is 1. The summed E-state index contributed by atoms with van der Waals surface area (Å²) < 4.78 is 20.2. The number of halogens is 1. The number of hydrogen-bond acceptors (Lipinski definition) is 5. The van der Waals surface area contributed by atoms with Gasteiger partial charge in [-0.1, -0.05) is 45.9 Å². The standard InChI is InChI=1S/C28H32FN3O3S/c1-17(2)14-30-27(33)24-16-36-25(31-24)15-35-22-9-8-19-10-11-32(28(34)18(3)4)26(23(19)13-22)20-6-5-7-21(29)12-20/h5-9,12-13,16-18,26H,10-11,14-15H2,1-4H3,(H,30,33)/t26-/m0/s1. The van der Waals surface area contributed by atoms with E-state index in [1.807, 2.05) is 56.9 Å². The molecule has 0 spiro atoms. The highest BCUT2D eigenvalue weighted by molar-refractivity contribution is 7.09. The highest BCUT2D eigenvalue weighted by atomic mass is 32.1. The van der Waals surface area contributed by atoms with Gasteiger partial charge in [0.25, 0.3) is 5.91 Å². The summed E-state index contributed by atoms with van der Waals surface area (Å²) in [6.07, 6.45) is 0.723. The van der Waals surface area contributed by atoms with E-state index in [0.29, 0.717) is 35.5 Å². The van der Waals surface area contributed by atoms with E-state index in [0.717, 1.165) is 23.1 Å². The van der Waals surface area contributed by atoms with Gasteiger partial charge in [-0.05, 0) is 53.3 Å². The molecular weight excluding hydrogens is 477 g/mol. The van der Waals surface area contributed by atoms with Crippen LogP contribution in [0.5, 0.6) is 5.75 Å². The molecule has 190 valence electrons. The van der Waals surface area contributed by atoms with E-state index >= 15 is 0 Å². The van der Waals surface area contributed by atoms with Crippen LogP contribution in [-0.4, -0.2) is 34.8 Å². The summed E-state index contributed by atoms with van der Waals surface area (Å²) in [5.41, 5.74) is 3.17. The molecule has 6 nitrogen and oxygen atoms in total. The third-order valence-electron chi connectivity index (χ3n) is 6.10. The fraction of sp³-hybridized carbons (Fsp3) is 0.393. The maximum atomic E-state index is 14.2. The van der Waals surface area contributed by atoms with Gasteiger partial charge in [-0.2, -0.15) is 0 Å². The first-order chi connectivity index (χ1) is 17.2. The SMILES string of the molecule is CC(C)CNC(=O)c1csc(COc2ccc3c(c2)[C@H](c2cccc(F)c2)N(C(=O)C(C)C)CC3)n1. The molecule has 0 saturated heterocycles. The second-order valence-electron chi connectivity index (χ2n) is 9.77. The smallest absolute Gasteiger partial charge is 0.270 e. The number of nitrogens with zero attached hydrogens (tertiary/aromatic N) is 2. The average Bonchev–Trinajstić information content (AvgIpc) is 3.34. The van der Waals surface area contributed by atoms with Crippen LogP contribution in [0, 0.1) is 17.7 Å². The molecule has 0 unspecified atom stereocenters. The summed E-state index contributed by atoms with van der Waals surface area (Å²) in [4.78, 5) is 31.6. The van der Waals surface area contributed by atoms with Crippen LogP contribution in [0.3, 0.4) is 0 Å². The third-order valence-corrected chi connectivity index (χ3v) is 6.93. The second-order valence-corrected chi connectivity index (χ2v) is 10.7. The Morgan fingerprint density at radius 2 is 2.00 bits per heavy atom. The Hall–Kier alpha value is -3.26. The highest BCUT2D eigenvalue weighted by Gasteiger charge is 2.33. The van der Waals surface area contributed by atoms with Crippen LogP contribution in [-0.2, 0) is 17.8 Å². The van der Waals surface area contributed by atoms with Crippen molar-refractivity contribution in [2.75, 3.05) is 13.1 Å². The first kappa shape index (κ1) is 25.8. The van der Waals surface area contributed by atoms with Crippen LogP contribution in [0.15, 0.2) is 47.8 Å². The molecule has 36 heavy (non-hydrogen) atoms. The van der Waals surface area contributed by atoms with Crippen LogP contribution in [0.2, 0.25) is 0 Å². The maximum Gasteiger partial charge on any atom is 0.270 e. The van der Waals surface area contributed by atoms with Crippen molar-refractivity contribution in [3.05, 3.63) is 81.1 Å². The molecule has 0 fully saturated rings. The number of amides is 2. The first-order valence-electron chi connectivity index (χ1n) is 12.3. The summed E-state index contributed by atoms with van der Waals surface area (Å²) in [5.74, 6) is 0.345. The van der Waals surface area contributed by atoms with Gasteiger partial charge in [0, 0.05) is 24.4 Å². The molecule has 8 heteroatoms. The van der Waals surface area contributed by atoms with Crippen LogP contribution in [0.25, 0.3) is 0 Å². The van der Waals surface area contributed by atoms with E-state index < -0.39 is 0 Å². The zero-order valence-electron chi connectivity index (χ0n) is 21.1. The summed E-state index contributed by atoms with van der Waals surface area (Å²) in [6.45, 7) is 9.23. The van der Waals surface area contributed by atoms with Crippen molar-refractivity contribution in [2.45, 2.75) is 46.8 Å². The normalized spacial score (nSPS) is 15.2. The average molecular weight is 510 g/mol. The Morgan fingerprint density at radius 1 is 1.19 bits per heavy atom. The number of carbonyl (C=O) groups is 2. The van der Waals surface area contributed by atoms with Crippen molar-refractivity contribution in [3.8, 4) is 5.75 Å². The van der Waals surface area contributed by atoms with Gasteiger partial charge >= 0.3 is 0 Å². The number of hydrogen-bond donors (Lipinski definition) is 1. The predicted octanol–water partition coefficient (Wildman–Crippen LogP) is 5.38. The number of thiazole rings is 1. The number of nitrogens with one attached hydrogen (secondary N) is 1. The molecule has 3 aromatic rings. The predicted molar refractivity (Wildman–Crippen MR) is 139 cm³/mol. The lowest BCUT2D eigenvalue weighted by atomic mass is 9.87. The van der Waals surface area contributed by atoms with E-state index in [9.17, 15) is 14.0 Å². The van der Waals surface area contributed by atoms with Gasteiger partial charge in [-0.15, -0.1) is 11.3 Å². The minimum Gasteiger partial charge on any atom is -0.486 e. The molecule has 0 saturated carbocycles. The number of carbonyl (C=O) groups excluding carboxylic acids is 2. The Morgan fingerprint density at radius 3 is 2.72 bits per heavy atom. The van der Waals surface area contributed by atoms with Crippen LogP contribution >= 0.6 is 11.3 Å². The first-order valence-corrected chi connectivity index (χ1v) is 13.1. The number of rotatable bonds is 8. The minimum atomic E-state index is -0.390. The molecule has 1 aliphatic rings. The molecular formula is C28H32FN3O3S. The van der Waals surface area contributed by atoms with E-state index in [1.165, 1.54) is 23.5 Å². The third kappa shape index (κ3) is 5.93. The van der Waals surface area contributed by atoms with Gasteiger partial charge in [0.2, 0.25) is 5.91 Å². The molecule has 1 atom stereocenters. The van der Waals surface area contributed by atoms with Gasteiger partial charge in [0.1, 0.15) is 28.9 Å². The Balaban J connectivity index is 1.56. The van der Waals surface area contributed by atoms with Gasteiger partial charge < -0.3 is 15.0 Å². The maximum absolute atomic E-state index is 14.2. The van der Waals surface area contributed by atoms with E-state index in [2.05, 4.69) is 10.3 Å². The van der Waals surface area contributed by atoms with E-state index in [1.54, 1.807) is 11.4 Å². The van der Waals surface area contributed by atoms with Crippen molar-refractivity contribution in [1.29, 1.82) is 0 Å². The van der Waals surface area contributed by atoms with Crippen LogP contribution < -0.4 is 10.1 Å². The Bertz CT molecular complexity index is 1240. The van der Waals surface area contributed by atoms with Crippen molar-refractivity contribution < 1.29 is 18.7 Å². The summed E-state index contributed by atoms with van der Waals surface area (Å²) in [6, 6.07) is 11.9. The quantitative estimate of drug-likeness (QED) is 0.443. The summed E-state index contributed by atoms with van der Waals surface area (Å²) >= 11 is 1.38. The summed E-state index contributed by atoms with van der Waals surface area (Å²) in [5, 5.41) is 5.30. The molecule has 2 amide bonds. The molecule has 2 aromatic carbocycles. The zero-order chi connectivity index (χ0) is 25.8. The zero-order valence-corrected chi connectivity index (χ0v) is 21.9. The molecule has 1 aromatic heterocycles. The van der Waals surface area contributed by atoms with Crippen LogP contribution in [0.4, 0.5) is 4.39 Å². The molecule has 0 radical (unpaired) electrons. The van der Waals surface area contributed by atoms with Crippen molar-refractivity contribution in [2.24, 2.45) is 11.8 Å². The lowest BCUT2D eigenvalue weighted by molar-refractivity contribution is -0.136. The van der Waals surface area contributed by atoms with Crippen molar-refractivity contribution in [1.82, 2.24) is 15.2 Å². The number of benzene rings is 2.